The third-order valence-electron chi connectivity index (χ3n) is 1.60. The minimum atomic E-state index is 0.314. The van der Waals surface area contributed by atoms with Crippen LogP contribution in [-0.2, 0) is 0 Å². The molecule has 0 N–H and O–H groups in total. The Balaban J connectivity index is 2.46. The van der Waals surface area contributed by atoms with Crippen LogP contribution in [0.25, 0.3) is 11.3 Å². The molecule has 1 aromatic heterocycles. The Hall–Kier alpha value is -0.550. The number of hydrogen-bond donors (Lipinski definition) is 0. The van der Waals surface area contributed by atoms with Crippen molar-refractivity contribution >= 4 is 34.2 Å². The molecule has 0 atom stereocenters. The van der Waals surface area contributed by atoms with Crippen LogP contribution in [-0.4, -0.2) is 5.16 Å². The first-order valence-corrected chi connectivity index (χ1v) is 5.09. The second-order valence-corrected chi connectivity index (χ2v) is 4.14. The first-order chi connectivity index (χ1) is 6.25. The highest BCUT2D eigenvalue weighted by molar-refractivity contribution is 14.1. The Kier molecular flexibility index (Phi) is 2.55. The fraction of sp³-hybridized carbons (Fsp3) is 0. The van der Waals surface area contributed by atoms with Crippen molar-refractivity contribution in [3.05, 3.63) is 39.1 Å². The average molecular weight is 306 g/mol. The molecule has 13 heavy (non-hydrogen) atoms. The highest BCUT2D eigenvalue weighted by Crippen LogP contribution is 2.22. The zero-order chi connectivity index (χ0) is 9.26. The summed E-state index contributed by atoms with van der Waals surface area (Å²) in [5.41, 5.74) is 1.78. The summed E-state index contributed by atoms with van der Waals surface area (Å²) in [6.07, 6.45) is 0. The van der Waals surface area contributed by atoms with Gasteiger partial charge in [-0.2, -0.15) is 0 Å². The number of nitrogens with zero attached hydrogens (tertiary/aromatic N) is 1. The first kappa shape index (κ1) is 9.02. The van der Waals surface area contributed by atoms with Crippen LogP contribution < -0.4 is 0 Å². The topological polar surface area (TPSA) is 26.0 Å². The van der Waals surface area contributed by atoms with Crippen LogP contribution in [0.3, 0.4) is 0 Å². The van der Waals surface area contributed by atoms with Gasteiger partial charge in [-0.3, -0.25) is 0 Å². The van der Waals surface area contributed by atoms with E-state index in [-0.39, 0.29) is 0 Å². The fourth-order valence-electron chi connectivity index (χ4n) is 1.04. The maximum atomic E-state index is 5.62. The van der Waals surface area contributed by atoms with Gasteiger partial charge in [0.05, 0.1) is 0 Å². The van der Waals surface area contributed by atoms with Crippen LogP contribution in [0.2, 0.25) is 5.22 Å². The SMILES string of the molecule is Clc1cc(-c2cccc(I)c2)no1. The lowest BCUT2D eigenvalue weighted by atomic mass is 10.2. The van der Waals surface area contributed by atoms with Crippen molar-refractivity contribution in [1.82, 2.24) is 5.16 Å². The van der Waals surface area contributed by atoms with E-state index in [0.29, 0.717) is 5.22 Å². The number of hydrogen-bond acceptors (Lipinski definition) is 2. The normalized spacial score (nSPS) is 10.3. The van der Waals surface area contributed by atoms with Crippen LogP contribution in [0, 0.1) is 3.57 Å². The lowest BCUT2D eigenvalue weighted by Gasteiger charge is -1.94. The summed E-state index contributed by atoms with van der Waals surface area (Å²) in [7, 11) is 0. The van der Waals surface area contributed by atoms with Gasteiger partial charge in [-0.05, 0) is 46.3 Å². The molecule has 2 nitrogen and oxygen atoms in total. The summed E-state index contributed by atoms with van der Waals surface area (Å²) in [5.74, 6) is 0. The van der Waals surface area contributed by atoms with Crippen molar-refractivity contribution < 1.29 is 4.52 Å². The first-order valence-electron chi connectivity index (χ1n) is 3.64. The number of halogens is 2. The molecule has 0 saturated carbocycles. The molecule has 0 aliphatic rings. The van der Waals surface area contributed by atoms with Crippen molar-refractivity contribution in [3.63, 3.8) is 0 Å². The van der Waals surface area contributed by atoms with Gasteiger partial charge in [0, 0.05) is 15.2 Å². The van der Waals surface area contributed by atoms with Crippen molar-refractivity contribution in [2.45, 2.75) is 0 Å². The summed E-state index contributed by atoms with van der Waals surface area (Å²) in [6, 6.07) is 9.68. The fourth-order valence-corrected chi connectivity index (χ4v) is 1.72. The Labute approximate surface area is 94.0 Å². The molecule has 0 spiro atoms. The van der Waals surface area contributed by atoms with Crippen molar-refractivity contribution in [2.24, 2.45) is 0 Å². The molecule has 0 bridgehead atoms. The monoisotopic (exact) mass is 305 g/mol. The molecule has 0 saturated heterocycles. The molecule has 0 radical (unpaired) electrons. The third kappa shape index (κ3) is 2.03. The molecule has 66 valence electrons. The Morgan fingerprint density at radius 2 is 2.15 bits per heavy atom. The van der Waals surface area contributed by atoms with Crippen LogP contribution >= 0.6 is 34.2 Å². The van der Waals surface area contributed by atoms with E-state index in [9.17, 15) is 0 Å². The van der Waals surface area contributed by atoms with Gasteiger partial charge in [-0.15, -0.1) is 0 Å². The molecule has 1 heterocycles. The van der Waals surface area contributed by atoms with Gasteiger partial charge in [0.2, 0.25) is 5.22 Å². The molecule has 0 unspecified atom stereocenters. The highest BCUT2D eigenvalue weighted by atomic mass is 127. The van der Waals surface area contributed by atoms with Crippen molar-refractivity contribution in [2.75, 3.05) is 0 Å². The highest BCUT2D eigenvalue weighted by Gasteiger charge is 2.03. The summed E-state index contributed by atoms with van der Waals surface area (Å²) in [4.78, 5) is 0. The quantitative estimate of drug-likeness (QED) is 0.752. The van der Waals surface area contributed by atoms with E-state index in [1.165, 1.54) is 0 Å². The summed E-state index contributed by atoms with van der Waals surface area (Å²) < 4.78 is 5.93. The largest absolute Gasteiger partial charge is 0.344 e. The van der Waals surface area contributed by atoms with Gasteiger partial charge in [0.25, 0.3) is 0 Å². The summed E-state index contributed by atoms with van der Waals surface area (Å²) in [6.45, 7) is 0. The van der Waals surface area contributed by atoms with Crippen LogP contribution in [0.15, 0.2) is 34.9 Å². The number of benzene rings is 1. The van der Waals surface area contributed by atoms with Gasteiger partial charge in [-0.25, -0.2) is 0 Å². The summed E-state index contributed by atoms with van der Waals surface area (Å²) in [5, 5.41) is 4.13. The third-order valence-corrected chi connectivity index (χ3v) is 2.45. The Morgan fingerprint density at radius 1 is 1.31 bits per heavy atom. The van der Waals surface area contributed by atoms with Gasteiger partial charge in [-0.1, -0.05) is 17.3 Å². The maximum absolute atomic E-state index is 5.62. The van der Waals surface area contributed by atoms with Crippen molar-refractivity contribution in [3.8, 4) is 11.3 Å². The molecule has 2 aromatic rings. The van der Waals surface area contributed by atoms with Gasteiger partial charge < -0.3 is 4.52 Å². The molecule has 0 aliphatic heterocycles. The second kappa shape index (κ2) is 3.67. The van der Waals surface area contributed by atoms with E-state index < -0.39 is 0 Å². The second-order valence-electron chi connectivity index (χ2n) is 2.53. The van der Waals surface area contributed by atoms with E-state index in [4.69, 9.17) is 16.1 Å². The van der Waals surface area contributed by atoms with Gasteiger partial charge in [0.1, 0.15) is 5.69 Å². The molecule has 1 aromatic carbocycles. The van der Waals surface area contributed by atoms with Crippen LogP contribution in [0.1, 0.15) is 0 Å². The predicted octanol–water partition coefficient (Wildman–Crippen LogP) is 3.60. The molecule has 0 fully saturated rings. The van der Waals surface area contributed by atoms with E-state index >= 15 is 0 Å². The average Bonchev–Trinajstić information content (AvgIpc) is 2.52. The number of aromatic nitrogens is 1. The molecular weight excluding hydrogens is 300 g/mol. The van der Waals surface area contributed by atoms with Crippen LogP contribution in [0.5, 0.6) is 0 Å². The lowest BCUT2D eigenvalue weighted by molar-refractivity contribution is 0.424. The molecular formula is C9H5ClINO. The zero-order valence-corrected chi connectivity index (χ0v) is 9.41. The van der Waals surface area contributed by atoms with Gasteiger partial charge >= 0.3 is 0 Å². The maximum Gasteiger partial charge on any atom is 0.226 e. The predicted molar refractivity (Wildman–Crippen MR) is 59.7 cm³/mol. The van der Waals surface area contributed by atoms with Crippen molar-refractivity contribution in [1.29, 1.82) is 0 Å². The van der Waals surface area contributed by atoms with Crippen LogP contribution in [0.4, 0.5) is 0 Å². The molecule has 2 rings (SSSR count). The van der Waals surface area contributed by atoms with E-state index in [2.05, 4.69) is 27.7 Å². The van der Waals surface area contributed by atoms with E-state index in [1.807, 2.05) is 24.3 Å². The zero-order valence-electron chi connectivity index (χ0n) is 6.50. The molecule has 0 aliphatic carbocycles. The number of rotatable bonds is 1. The smallest absolute Gasteiger partial charge is 0.226 e. The molecule has 4 heteroatoms. The minimum absolute atomic E-state index is 0.314. The summed E-state index contributed by atoms with van der Waals surface area (Å²) >= 11 is 7.87. The lowest BCUT2D eigenvalue weighted by Crippen LogP contribution is -1.77. The van der Waals surface area contributed by atoms with E-state index in [0.717, 1.165) is 14.8 Å². The van der Waals surface area contributed by atoms with Gasteiger partial charge in [0.15, 0.2) is 0 Å². The Bertz CT molecular complexity index is 427. The minimum Gasteiger partial charge on any atom is -0.344 e. The van der Waals surface area contributed by atoms with E-state index in [1.54, 1.807) is 6.07 Å². The Morgan fingerprint density at radius 3 is 2.77 bits per heavy atom. The standard InChI is InChI=1S/C9H5ClINO/c10-9-5-8(12-13-9)6-2-1-3-7(11)4-6/h1-5H. The molecule has 0 amide bonds.